The number of benzene rings is 1. The van der Waals surface area contributed by atoms with Crippen molar-refractivity contribution < 1.29 is 8.42 Å². The van der Waals surface area contributed by atoms with Crippen molar-refractivity contribution in [3.63, 3.8) is 0 Å². The molecule has 1 aliphatic rings. The van der Waals surface area contributed by atoms with Gasteiger partial charge in [-0.05, 0) is 36.9 Å². The molecule has 1 aliphatic heterocycles. The van der Waals surface area contributed by atoms with E-state index in [1.165, 1.54) is 4.31 Å². The van der Waals surface area contributed by atoms with E-state index in [-0.39, 0.29) is 11.3 Å². The van der Waals surface area contributed by atoms with E-state index in [1.807, 2.05) is 31.2 Å². The molecule has 1 fully saturated rings. The highest BCUT2D eigenvalue weighted by atomic mass is 32.2. The van der Waals surface area contributed by atoms with Crippen molar-refractivity contribution >= 4 is 20.9 Å². The lowest BCUT2D eigenvalue weighted by Gasteiger charge is -2.33. The fourth-order valence-corrected chi connectivity index (χ4v) is 4.15. The van der Waals surface area contributed by atoms with Crippen LogP contribution in [0.4, 0.5) is 0 Å². The van der Waals surface area contributed by atoms with Crippen LogP contribution in [-0.4, -0.2) is 54.5 Å². The number of nitrogens with zero attached hydrogens (tertiary/aromatic N) is 2. The summed E-state index contributed by atoms with van der Waals surface area (Å²) < 4.78 is 25.3. The highest BCUT2D eigenvalue weighted by molar-refractivity contribution is 7.89. The second kappa shape index (κ2) is 6.66. The average Bonchev–Trinajstić information content (AvgIpc) is 2.56. The highest BCUT2D eigenvalue weighted by Crippen LogP contribution is 2.15. The normalized spacial score (nSPS) is 17.4. The Labute approximate surface area is 142 Å². The van der Waals surface area contributed by atoms with Gasteiger partial charge in [0.2, 0.25) is 10.0 Å². The van der Waals surface area contributed by atoms with Gasteiger partial charge in [-0.3, -0.25) is 9.69 Å². The largest absolute Gasteiger partial charge is 0.322 e. The third-order valence-electron chi connectivity index (χ3n) is 4.56. The molecule has 2 heterocycles. The van der Waals surface area contributed by atoms with Gasteiger partial charge in [0.1, 0.15) is 0 Å². The van der Waals surface area contributed by atoms with Crippen LogP contribution in [-0.2, 0) is 16.6 Å². The summed E-state index contributed by atoms with van der Waals surface area (Å²) in [5.41, 5.74) is 2.61. The van der Waals surface area contributed by atoms with Gasteiger partial charge >= 0.3 is 0 Å². The number of aromatic amines is 1. The van der Waals surface area contributed by atoms with Crippen molar-refractivity contribution in [2.24, 2.45) is 0 Å². The van der Waals surface area contributed by atoms with Crippen LogP contribution in [0.2, 0.25) is 0 Å². The minimum atomic E-state index is -3.12. The van der Waals surface area contributed by atoms with Gasteiger partial charge in [-0.15, -0.1) is 0 Å². The van der Waals surface area contributed by atoms with Gasteiger partial charge in [0.05, 0.1) is 5.75 Å². The van der Waals surface area contributed by atoms with Gasteiger partial charge in [0, 0.05) is 43.8 Å². The lowest BCUT2D eigenvalue weighted by molar-refractivity contribution is 0.181. The minimum absolute atomic E-state index is 0.0725. The first kappa shape index (κ1) is 17.1. The van der Waals surface area contributed by atoms with E-state index in [0.29, 0.717) is 32.7 Å². The van der Waals surface area contributed by atoms with Crippen LogP contribution < -0.4 is 5.56 Å². The number of sulfonamides is 1. The lowest BCUT2D eigenvalue weighted by atomic mass is 10.1. The molecule has 0 spiro atoms. The molecule has 0 bridgehead atoms. The quantitative estimate of drug-likeness (QED) is 0.903. The summed E-state index contributed by atoms with van der Waals surface area (Å²) in [6, 6.07) is 7.94. The molecule has 24 heavy (non-hydrogen) atoms. The second-order valence-corrected chi connectivity index (χ2v) is 8.55. The Bertz CT molecular complexity index is 897. The van der Waals surface area contributed by atoms with Crippen LogP contribution in [0.3, 0.4) is 0 Å². The maximum atomic E-state index is 12.3. The number of aromatic nitrogens is 1. The molecule has 3 rings (SSSR count). The first-order valence-corrected chi connectivity index (χ1v) is 9.83. The van der Waals surface area contributed by atoms with E-state index in [2.05, 4.69) is 9.88 Å². The molecule has 0 unspecified atom stereocenters. The smallest absolute Gasteiger partial charge is 0.252 e. The molecule has 1 aromatic heterocycles. The molecule has 1 saturated heterocycles. The Morgan fingerprint density at radius 2 is 1.83 bits per heavy atom. The SMILES string of the molecule is CCS(=O)(=O)N1CCN(Cc2cc3ccc(C)cc3[nH]c2=O)CC1. The Hall–Kier alpha value is -1.70. The number of hydrogen-bond acceptors (Lipinski definition) is 4. The molecular weight excluding hydrogens is 326 g/mol. The summed E-state index contributed by atoms with van der Waals surface area (Å²) in [6.45, 7) is 6.46. The van der Waals surface area contributed by atoms with Crippen molar-refractivity contribution in [2.75, 3.05) is 31.9 Å². The summed E-state index contributed by atoms with van der Waals surface area (Å²) in [5, 5.41) is 1.02. The monoisotopic (exact) mass is 349 g/mol. The third kappa shape index (κ3) is 3.53. The molecule has 6 nitrogen and oxygen atoms in total. The standard InChI is InChI=1S/C17H23N3O3S/c1-3-24(22,23)20-8-6-19(7-9-20)12-15-11-14-5-4-13(2)10-16(14)18-17(15)21/h4-5,10-11H,3,6-9,12H2,1-2H3,(H,18,21). The van der Waals surface area contributed by atoms with Crippen LogP contribution >= 0.6 is 0 Å². The zero-order chi connectivity index (χ0) is 17.3. The second-order valence-electron chi connectivity index (χ2n) is 6.29. The van der Waals surface area contributed by atoms with E-state index in [1.54, 1.807) is 6.92 Å². The third-order valence-corrected chi connectivity index (χ3v) is 6.44. The minimum Gasteiger partial charge on any atom is -0.322 e. The van der Waals surface area contributed by atoms with Gasteiger partial charge in [0.15, 0.2) is 0 Å². The van der Waals surface area contributed by atoms with Crippen LogP contribution in [0.15, 0.2) is 29.1 Å². The Kier molecular flexibility index (Phi) is 4.76. The Balaban J connectivity index is 1.73. The summed E-state index contributed by atoms with van der Waals surface area (Å²) >= 11 is 0. The van der Waals surface area contributed by atoms with E-state index in [4.69, 9.17) is 0 Å². The number of nitrogens with one attached hydrogen (secondary N) is 1. The number of rotatable bonds is 4. The molecule has 0 atom stereocenters. The molecule has 0 amide bonds. The highest BCUT2D eigenvalue weighted by Gasteiger charge is 2.25. The van der Waals surface area contributed by atoms with Crippen molar-refractivity contribution in [2.45, 2.75) is 20.4 Å². The Morgan fingerprint density at radius 3 is 2.50 bits per heavy atom. The molecule has 7 heteroatoms. The maximum absolute atomic E-state index is 12.3. The van der Waals surface area contributed by atoms with Crippen LogP contribution in [0.25, 0.3) is 10.9 Å². The van der Waals surface area contributed by atoms with Crippen molar-refractivity contribution in [1.82, 2.24) is 14.2 Å². The zero-order valence-electron chi connectivity index (χ0n) is 14.1. The first-order chi connectivity index (χ1) is 11.4. The molecule has 2 aromatic rings. The number of hydrogen-bond donors (Lipinski definition) is 1. The molecule has 0 aliphatic carbocycles. The van der Waals surface area contributed by atoms with Crippen LogP contribution in [0, 0.1) is 6.92 Å². The summed E-state index contributed by atoms with van der Waals surface area (Å²) in [7, 11) is -3.12. The van der Waals surface area contributed by atoms with Crippen molar-refractivity contribution in [3.05, 3.63) is 45.7 Å². The van der Waals surface area contributed by atoms with Gasteiger partial charge in [-0.25, -0.2) is 8.42 Å². The molecule has 0 radical (unpaired) electrons. The zero-order valence-corrected chi connectivity index (χ0v) is 14.9. The topological polar surface area (TPSA) is 73.5 Å². The number of fused-ring (bicyclic) bond motifs is 1. The number of H-pyrrole nitrogens is 1. The molecule has 1 N–H and O–H groups in total. The molecule has 130 valence electrons. The number of piperazine rings is 1. The maximum Gasteiger partial charge on any atom is 0.252 e. The lowest BCUT2D eigenvalue weighted by Crippen LogP contribution is -2.49. The number of aryl methyl sites for hydroxylation is 1. The molecule has 1 aromatic carbocycles. The first-order valence-electron chi connectivity index (χ1n) is 8.22. The van der Waals surface area contributed by atoms with Crippen molar-refractivity contribution in [1.29, 1.82) is 0 Å². The fraction of sp³-hybridized carbons (Fsp3) is 0.471. The van der Waals surface area contributed by atoms with E-state index in [0.717, 1.165) is 22.0 Å². The van der Waals surface area contributed by atoms with E-state index >= 15 is 0 Å². The Morgan fingerprint density at radius 1 is 1.12 bits per heavy atom. The molecule has 0 saturated carbocycles. The molecular formula is C17H23N3O3S. The van der Waals surface area contributed by atoms with Crippen LogP contribution in [0.5, 0.6) is 0 Å². The predicted molar refractivity (Wildman–Crippen MR) is 95.6 cm³/mol. The van der Waals surface area contributed by atoms with Gasteiger partial charge in [-0.2, -0.15) is 4.31 Å². The predicted octanol–water partition coefficient (Wildman–Crippen LogP) is 1.30. The van der Waals surface area contributed by atoms with Gasteiger partial charge < -0.3 is 4.98 Å². The summed E-state index contributed by atoms with van der Waals surface area (Å²) in [4.78, 5) is 17.4. The van der Waals surface area contributed by atoms with E-state index in [9.17, 15) is 13.2 Å². The van der Waals surface area contributed by atoms with Gasteiger partial charge in [-0.1, -0.05) is 12.1 Å². The fourth-order valence-electron chi connectivity index (χ4n) is 3.07. The van der Waals surface area contributed by atoms with Gasteiger partial charge in [0.25, 0.3) is 5.56 Å². The van der Waals surface area contributed by atoms with Crippen LogP contribution in [0.1, 0.15) is 18.1 Å². The summed E-state index contributed by atoms with van der Waals surface area (Å²) in [6.07, 6.45) is 0. The summed E-state index contributed by atoms with van der Waals surface area (Å²) in [5.74, 6) is 0.136. The number of pyridine rings is 1. The van der Waals surface area contributed by atoms with Crippen molar-refractivity contribution in [3.8, 4) is 0 Å². The average molecular weight is 349 g/mol. The van der Waals surface area contributed by atoms with E-state index < -0.39 is 10.0 Å².